The van der Waals surface area contributed by atoms with E-state index >= 15 is 0 Å². The fraction of sp³-hybridized carbons (Fsp3) is 0.429. The Hall–Kier alpha value is -1.47. The molecule has 0 aromatic heterocycles. The summed E-state index contributed by atoms with van der Waals surface area (Å²) in [5.74, 6) is -2.01. The molecule has 1 heterocycles. The summed E-state index contributed by atoms with van der Waals surface area (Å²) in [7, 11) is 0. The molecule has 1 fully saturated rings. The lowest BCUT2D eigenvalue weighted by Crippen LogP contribution is -2.53. The summed E-state index contributed by atoms with van der Waals surface area (Å²) < 4.78 is 19.0. The fourth-order valence-corrected chi connectivity index (χ4v) is 2.59. The van der Waals surface area contributed by atoms with Gasteiger partial charge >= 0.3 is 5.97 Å². The van der Waals surface area contributed by atoms with Crippen LogP contribution in [0.4, 0.5) is 4.39 Å². The highest BCUT2D eigenvalue weighted by Crippen LogP contribution is 2.25. The van der Waals surface area contributed by atoms with Crippen LogP contribution in [0.1, 0.15) is 29.6 Å². The van der Waals surface area contributed by atoms with E-state index in [1.807, 2.05) is 0 Å². The zero-order valence-corrected chi connectivity index (χ0v) is 12.8. The highest BCUT2D eigenvalue weighted by atomic mass is 79.9. The third-order valence-electron chi connectivity index (χ3n) is 3.50. The third kappa shape index (κ3) is 4.01. The van der Waals surface area contributed by atoms with E-state index in [0.29, 0.717) is 26.1 Å². The minimum atomic E-state index is -0.987. The standard InChI is InChI=1S/C14H15BrFNO4/c15-10-2-1-9(7-11(10)16)13(20)17-14(8-12(18)19)3-5-21-6-4-14/h1-2,7H,3-6,8H2,(H,17,20)(H,18,19). The minimum Gasteiger partial charge on any atom is -0.481 e. The average Bonchev–Trinajstić information content (AvgIpc) is 2.41. The Labute approximate surface area is 129 Å². The predicted octanol–water partition coefficient (Wildman–Crippen LogP) is 2.34. The molecule has 0 atom stereocenters. The van der Waals surface area contributed by atoms with Crippen LogP contribution in [0.3, 0.4) is 0 Å². The largest absolute Gasteiger partial charge is 0.481 e. The van der Waals surface area contributed by atoms with E-state index < -0.39 is 23.2 Å². The lowest BCUT2D eigenvalue weighted by molar-refractivity contribution is -0.139. The molecule has 0 spiro atoms. The Morgan fingerprint density at radius 1 is 1.38 bits per heavy atom. The highest BCUT2D eigenvalue weighted by Gasteiger charge is 2.36. The van der Waals surface area contributed by atoms with Crippen LogP contribution in [0.2, 0.25) is 0 Å². The molecule has 1 aromatic rings. The smallest absolute Gasteiger partial charge is 0.305 e. The zero-order chi connectivity index (χ0) is 15.5. The van der Waals surface area contributed by atoms with Gasteiger partial charge in [0, 0.05) is 18.8 Å². The van der Waals surface area contributed by atoms with Gasteiger partial charge in [-0.1, -0.05) is 0 Å². The number of nitrogens with one attached hydrogen (secondary N) is 1. The van der Waals surface area contributed by atoms with Gasteiger partial charge in [0.15, 0.2) is 0 Å². The second kappa shape index (κ2) is 6.53. The van der Waals surface area contributed by atoms with Gasteiger partial charge in [0.05, 0.1) is 16.4 Å². The van der Waals surface area contributed by atoms with Gasteiger partial charge in [-0.05, 0) is 47.0 Å². The molecular formula is C14H15BrFNO4. The predicted molar refractivity (Wildman–Crippen MR) is 76.6 cm³/mol. The normalized spacial score (nSPS) is 17.2. The molecule has 0 radical (unpaired) electrons. The Kier molecular flexibility index (Phi) is 4.95. The molecule has 7 heteroatoms. The molecule has 0 bridgehead atoms. The average molecular weight is 360 g/mol. The van der Waals surface area contributed by atoms with Crippen molar-refractivity contribution in [1.29, 1.82) is 0 Å². The summed E-state index contributed by atoms with van der Waals surface area (Å²) in [5.41, 5.74) is -0.683. The molecular weight excluding hydrogens is 345 g/mol. The van der Waals surface area contributed by atoms with Crippen LogP contribution >= 0.6 is 15.9 Å². The van der Waals surface area contributed by atoms with Crippen molar-refractivity contribution in [3.8, 4) is 0 Å². The number of benzene rings is 1. The number of carbonyl (C=O) groups is 2. The van der Waals surface area contributed by atoms with Crippen molar-refractivity contribution in [2.45, 2.75) is 24.8 Å². The van der Waals surface area contributed by atoms with Crippen LogP contribution in [0.25, 0.3) is 0 Å². The van der Waals surface area contributed by atoms with E-state index in [4.69, 9.17) is 9.84 Å². The Bertz CT molecular complexity index is 558. The number of halogens is 2. The van der Waals surface area contributed by atoms with Crippen LogP contribution in [0.15, 0.2) is 22.7 Å². The number of hydrogen-bond donors (Lipinski definition) is 2. The summed E-state index contributed by atoms with van der Waals surface area (Å²) in [6.45, 7) is 0.782. The van der Waals surface area contributed by atoms with E-state index in [0.717, 1.165) is 6.07 Å². The summed E-state index contributed by atoms with van der Waals surface area (Å²) in [6, 6.07) is 4.04. The van der Waals surface area contributed by atoms with Gasteiger partial charge in [-0.25, -0.2) is 4.39 Å². The van der Waals surface area contributed by atoms with Gasteiger partial charge in [-0.3, -0.25) is 9.59 Å². The van der Waals surface area contributed by atoms with Gasteiger partial charge in [0.1, 0.15) is 5.82 Å². The molecule has 0 saturated carbocycles. The Morgan fingerprint density at radius 3 is 2.62 bits per heavy atom. The molecule has 0 aliphatic carbocycles. The van der Waals surface area contributed by atoms with Crippen molar-refractivity contribution in [1.82, 2.24) is 5.32 Å². The molecule has 2 N–H and O–H groups in total. The van der Waals surface area contributed by atoms with Crippen LogP contribution < -0.4 is 5.32 Å². The number of ether oxygens (including phenoxy) is 1. The van der Waals surface area contributed by atoms with Crippen molar-refractivity contribution in [3.05, 3.63) is 34.1 Å². The van der Waals surface area contributed by atoms with E-state index in [-0.39, 0.29) is 16.5 Å². The lowest BCUT2D eigenvalue weighted by atomic mass is 9.86. The SMILES string of the molecule is O=C(O)CC1(NC(=O)c2ccc(Br)c(F)c2)CCOCC1. The molecule has 1 aliphatic heterocycles. The number of rotatable bonds is 4. The molecule has 1 aromatic carbocycles. The monoisotopic (exact) mass is 359 g/mol. The maximum absolute atomic E-state index is 13.5. The summed E-state index contributed by atoms with van der Waals surface area (Å²) in [6.07, 6.45) is 0.662. The summed E-state index contributed by atoms with van der Waals surface area (Å²) >= 11 is 3.02. The molecule has 114 valence electrons. The molecule has 1 amide bonds. The molecule has 2 rings (SSSR count). The van der Waals surface area contributed by atoms with E-state index in [1.165, 1.54) is 12.1 Å². The Morgan fingerprint density at radius 2 is 2.05 bits per heavy atom. The first-order valence-corrected chi connectivity index (χ1v) is 7.28. The van der Waals surface area contributed by atoms with Crippen molar-refractivity contribution in [2.75, 3.05) is 13.2 Å². The maximum Gasteiger partial charge on any atom is 0.305 e. The number of carbonyl (C=O) groups excluding carboxylic acids is 1. The highest BCUT2D eigenvalue weighted by molar-refractivity contribution is 9.10. The van der Waals surface area contributed by atoms with Gasteiger partial charge in [-0.2, -0.15) is 0 Å². The van der Waals surface area contributed by atoms with Crippen LogP contribution in [0.5, 0.6) is 0 Å². The van der Waals surface area contributed by atoms with Crippen LogP contribution in [-0.4, -0.2) is 35.7 Å². The second-order valence-electron chi connectivity index (χ2n) is 5.05. The van der Waals surface area contributed by atoms with Gasteiger partial charge in [0.25, 0.3) is 5.91 Å². The fourth-order valence-electron chi connectivity index (χ4n) is 2.35. The Balaban J connectivity index is 2.17. The first kappa shape index (κ1) is 15.9. The molecule has 5 nitrogen and oxygen atoms in total. The lowest BCUT2D eigenvalue weighted by Gasteiger charge is -2.36. The number of aliphatic carboxylic acids is 1. The topological polar surface area (TPSA) is 75.6 Å². The number of amides is 1. The van der Waals surface area contributed by atoms with Gasteiger partial charge in [-0.15, -0.1) is 0 Å². The first-order valence-electron chi connectivity index (χ1n) is 6.49. The number of carboxylic acid groups (broad SMARTS) is 1. The minimum absolute atomic E-state index is 0.159. The molecule has 0 unspecified atom stereocenters. The maximum atomic E-state index is 13.5. The van der Waals surface area contributed by atoms with Crippen LogP contribution in [0, 0.1) is 5.82 Å². The third-order valence-corrected chi connectivity index (χ3v) is 4.14. The van der Waals surface area contributed by atoms with Gasteiger partial charge < -0.3 is 15.2 Å². The quantitative estimate of drug-likeness (QED) is 0.864. The van der Waals surface area contributed by atoms with Crippen molar-refractivity contribution in [2.24, 2.45) is 0 Å². The van der Waals surface area contributed by atoms with E-state index in [2.05, 4.69) is 21.2 Å². The molecule has 1 aliphatic rings. The second-order valence-corrected chi connectivity index (χ2v) is 5.90. The first-order chi connectivity index (χ1) is 9.92. The van der Waals surface area contributed by atoms with E-state index in [9.17, 15) is 14.0 Å². The molecule has 21 heavy (non-hydrogen) atoms. The van der Waals surface area contributed by atoms with Crippen LogP contribution in [-0.2, 0) is 9.53 Å². The zero-order valence-electron chi connectivity index (χ0n) is 11.2. The van der Waals surface area contributed by atoms with Crippen molar-refractivity contribution < 1.29 is 23.8 Å². The summed E-state index contributed by atoms with van der Waals surface area (Å²) in [4.78, 5) is 23.3. The van der Waals surface area contributed by atoms with Gasteiger partial charge in [0.2, 0.25) is 0 Å². The summed E-state index contributed by atoms with van der Waals surface area (Å²) in [5, 5.41) is 11.8. The van der Waals surface area contributed by atoms with E-state index in [1.54, 1.807) is 0 Å². The van der Waals surface area contributed by atoms with Crippen molar-refractivity contribution in [3.63, 3.8) is 0 Å². The van der Waals surface area contributed by atoms with Crippen molar-refractivity contribution >= 4 is 27.8 Å². The number of carboxylic acids is 1. The number of hydrogen-bond acceptors (Lipinski definition) is 3. The molecule has 1 saturated heterocycles.